The van der Waals surface area contributed by atoms with E-state index in [2.05, 4.69) is 27.5 Å². The average molecular weight is 595 g/mol. The van der Waals surface area contributed by atoms with Gasteiger partial charge < -0.3 is 15.0 Å². The van der Waals surface area contributed by atoms with Gasteiger partial charge in [-0.2, -0.15) is 5.10 Å². The first-order valence-corrected chi connectivity index (χ1v) is 15.3. The molecule has 0 atom stereocenters. The van der Waals surface area contributed by atoms with E-state index in [4.69, 9.17) is 9.72 Å². The molecule has 0 spiro atoms. The zero-order chi connectivity index (χ0) is 30.0. The lowest BCUT2D eigenvalue weighted by Crippen LogP contribution is -2.35. The molecule has 0 radical (unpaired) electrons. The molecule has 3 aromatic heterocycles. The maximum Gasteiger partial charge on any atom is 0.252 e. The van der Waals surface area contributed by atoms with E-state index >= 15 is 0 Å². The molecular weight excluding hydrogens is 560 g/mol. The van der Waals surface area contributed by atoms with Crippen molar-refractivity contribution in [3.63, 3.8) is 0 Å². The van der Waals surface area contributed by atoms with E-state index in [0.29, 0.717) is 31.7 Å². The lowest BCUT2D eigenvalue weighted by molar-refractivity contribution is -0.128. The molecule has 0 aliphatic heterocycles. The van der Waals surface area contributed by atoms with Gasteiger partial charge in [0.2, 0.25) is 5.91 Å². The van der Waals surface area contributed by atoms with Gasteiger partial charge in [0.25, 0.3) is 5.91 Å². The van der Waals surface area contributed by atoms with Crippen LogP contribution in [0.1, 0.15) is 52.0 Å². The second-order valence-electron chi connectivity index (χ2n) is 11.3. The van der Waals surface area contributed by atoms with Gasteiger partial charge in [0, 0.05) is 55.2 Å². The number of benzene rings is 2. The summed E-state index contributed by atoms with van der Waals surface area (Å²) >= 11 is 1.55. The number of hydrogen-bond acceptors (Lipinski definition) is 7. The van der Waals surface area contributed by atoms with Crippen LogP contribution in [0.25, 0.3) is 22.2 Å². The van der Waals surface area contributed by atoms with Crippen molar-refractivity contribution in [3.8, 4) is 11.3 Å². The molecule has 0 saturated heterocycles. The van der Waals surface area contributed by atoms with E-state index in [0.717, 1.165) is 57.4 Å². The van der Waals surface area contributed by atoms with Crippen molar-refractivity contribution >= 4 is 34.1 Å². The Hall–Kier alpha value is -4.41. The molecule has 9 nitrogen and oxygen atoms in total. The molecule has 2 amide bonds. The molecule has 1 aliphatic rings. The Morgan fingerprint density at radius 2 is 1.95 bits per heavy atom. The van der Waals surface area contributed by atoms with Crippen molar-refractivity contribution in [1.29, 1.82) is 0 Å². The second kappa shape index (κ2) is 12.1. The van der Waals surface area contributed by atoms with Gasteiger partial charge in [0.05, 0.1) is 47.4 Å². The zero-order valence-electron chi connectivity index (χ0n) is 24.5. The monoisotopic (exact) mass is 594 g/mol. The number of fused-ring (bicyclic) bond motifs is 1. The third kappa shape index (κ3) is 6.35. The highest BCUT2D eigenvalue weighted by atomic mass is 32.1. The van der Waals surface area contributed by atoms with Gasteiger partial charge >= 0.3 is 0 Å². The van der Waals surface area contributed by atoms with Gasteiger partial charge in [-0.1, -0.05) is 30.3 Å². The SMILES string of the molecule is Cc1cc(COCc2cscn2)ccc1C(=O)NC1(c2cc(-c3cnn(CCC(=O)N(C)C)c3)nc3ccccc23)CC1. The van der Waals surface area contributed by atoms with E-state index in [1.807, 2.05) is 54.9 Å². The highest BCUT2D eigenvalue weighted by Crippen LogP contribution is 2.48. The van der Waals surface area contributed by atoms with Crippen molar-refractivity contribution in [2.24, 2.45) is 0 Å². The highest BCUT2D eigenvalue weighted by Gasteiger charge is 2.47. The van der Waals surface area contributed by atoms with Gasteiger partial charge in [-0.25, -0.2) is 9.97 Å². The maximum absolute atomic E-state index is 13.6. The van der Waals surface area contributed by atoms with Crippen LogP contribution in [0.15, 0.2) is 71.8 Å². The Bertz CT molecular complexity index is 1770. The first kappa shape index (κ1) is 28.7. The summed E-state index contributed by atoms with van der Waals surface area (Å²) in [7, 11) is 3.50. The molecule has 1 saturated carbocycles. The molecule has 0 unspecified atom stereocenters. The molecule has 43 heavy (non-hydrogen) atoms. The fraction of sp³-hybridized carbons (Fsp3) is 0.303. The van der Waals surface area contributed by atoms with Gasteiger partial charge in [-0.15, -0.1) is 11.3 Å². The quantitative estimate of drug-likeness (QED) is 0.217. The first-order valence-electron chi connectivity index (χ1n) is 14.3. The lowest BCUT2D eigenvalue weighted by Gasteiger charge is -2.21. The number of nitrogens with zero attached hydrogens (tertiary/aromatic N) is 5. The summed E-state index contributed by atoms with van der Waals surface area (Å²) in [6.45, 7) is 3.38. The number of pyridine rings is 1. The Labute approximate surface area is 254 Å². The van der Waals surface area contributed by atoms with Gasteiger partial charge in [-0.05, 0) is 54.7 Å². The summed E-state index contributed by atoms with van der Waals surface area (Å²) in [5.74, 6) is -0.0368. The minimum absolute atomic E-state index is 0.0551. The molecule has 1 aliphatic carbocycles. The summed E-state index contributed by atoms with van der Waals surface area (Å²) in [6.07, 6.45) is 5.78. The van der Waals surface area contributed by atoms with Crippen LogP contribution in [0.4, 0.5) is 0 Å². The summed E-state index contributed by atoms with van der Waals surface area (Å²) < 4.78 is 7.58. The van der Waals surface area contributed by atoms with Crippen LogP contribution in [0.3, 0.4) is 0 Å². The molecule has 0 bridgehead atoms. The standard InChI is InChI=1S/C33H34N6O3S/c1-22-14-23(18-42-19-25-20-43-21-34-25)8-9-26(22)32(41)37-33(11-12-33)28-15-30(36-29-7-5-4-6-27(28)29)24-16-35-39(17-24)13-10-31(40)38(2)3/h4-9,14-17,20-21H,10-13,18-19H2,1-3H3,(H,37,41). The van der Waals surface area contributed by atoms with E-state index in [-0.39, 0.29) is 11.8 Å². The normalized spacial score (nSPS) is 13.7. The number of para-hydroxylation sites is 1. The number of aryl methyl sites for hydroxylation is 2. The maximum atomic E-state index is 13.6. The lowest BCUT2D eigenvalue weighted by atomic mass is 9.96. The Kier molecular flexibility index (Phi) is 8.05. The summed E-state index contributed by atoms with van der Waals surface area (Å²) in [5, 5.41) is 10.8. The van der Waals surface area contributed by atoms with E-state index in [9.17, 15) is 9.59 Å². The fourth-order valence-corrected chi connectivity index (χ4v) is 5.84. The van der Waals surface area contributed by atoms with Crippen LogP contribution >= 0.6 is 11.3 Å². The van der Waals surface area contributed by atoms with Crippen molar-refractivity contribution in [2.45, 2.75) is 51.5 Å². The topological polar surface area (TPSA) is 102 Å². The van der Waals surface area contributed by atoms with E-state index < -0.39 is 5.54 Å². The predicted molar refractivity (Wildman–Crippen MR) is 166 cm³/mol. The highest BCUT2D eigenvalue weighted by molar-refractivity contribution is 7.07. The molecule has 2 aromatic carbocycles. The number of carbonyl (C=O) groups is 2. The third-order valence-corrected chi connectivity index (χ3v) is 8.49. The molecule has 5 aromatic rings. The first-order chi connectivity index (χ1) is 20.8. The molecule has 220 valence electrons. The molecular formula is C33H34N6O3S. The van der Waals surface area contributed by atoms with Gasteiger partial charge in [0.15, 0.2) is 0 Å². The Morgan fingerprint density at radius 1 is 1.12 bits per heavy atom. The number of amides is 2. The minimum Gasteiger partial charge on any atom is -0.370 e. The Morgan fingerprint density at radius 3 is 2.70 bits per heavy atom. The second-order valence-corrected chi connectivity index (χ2v) is 12.0. The number of thiazole rings is 1. The molecule has 3 heterocycles. The van der Waals surface area contributed by atoms with Crippen LogP contribution in [-0.4, -0.2) is 50.6 Å². The zero-order valence-corrected chi connectivity index (χ0v) is 25.4. The summed E-state index contributed by atoms with van der Waals surface area (Å²) in [4.78, 5) is 36.4. The van der Waals surface area contributed by atoms with Gasteiger partial charge in [-0.3, -0.25) is 14.3 Å². The van der Waals surface area contributed by atoms with Crippen molar-refractivity contribution in [3.05, 3.63) is 99.8 Å². The summed E-state index contributed by atoms with van der Waals surface area (Å²) in [6, 6.07) is 16.0. The molecule has 1 fully saturated rings. The van der Waals surface area contributed by atoms with E-state index in [1.54, 1.807) is 46.7 Å². The van der Waals surface area contributed by atoms with Crippen LogP contribution in [0.5, 0.6) is 0 Å². The van der Waals surface area contributed by atoms with Crippen LogP contribution < -0.4 is 5.32 Å². The van der Waals surface area contributed by atoms with Crippen LogP contribution in [-0.2, 0) is 34.8 Å². The van der Waals surface area contributed by atoms with Crippen molar-refractivity contribution < 1.29 is 14.3 Å². The largest absolute Gasteiger partial charge is 0.370 e. The van der Waals surface area contributed by atoms with Crippen LogP contribution in [0.2, 0.25) is 0 Å². The number of hydrogen-bond donors (Lipinski definition) is 1. The average Bonchev–Trinajstić information content (AvgIpc) is 3.35. The number of nitrogens with one attached hydrogen (secondary N) is 1. The molecule has 10 heteroatoms. The minimum atomic E-state index is -0.468. The number of ether oxygens (including phenoxy) is 1. The number of carbonyl (C=O) groups excluding carboxylic acids is 2. The predicted octanol–water partition coefficient (Wildman–Crippen LogP) is 5.48. The smallest absolute Gasteiger partial charge is 0.252 e. The molecule has 1 N–H and O–H groups in total. The van der Waals surface area contributed by atoms with E-state index in [1.165, 1.54) is 0 Å². The fourth-order valence-electron chi connectivity index (χ4n) is 5.30. The van der Waals surface area contributed by atoms with Crippen molar-refractivity contribution in [2.75, 3.05) is 14.1 Å². The van der Waals surface area contributed by atoms with Crippen LogP contribution in [0, 0.1) is 6.92 Å². The third-order valence-electron chi connectivity index (χ3n) is 7.85. The summed E-state index contributed by atoms with van der Waals surface area (Å²) in [5.41, 5.74) is 8.41. The Balaban J connectivity index is 1.21. The number of aromatic nitrogens is 4. The van der Waals surface area contributed by atoms with Crippen molar-refractivity contribution in [1.82, 2.24) is 30.0 Å². The van der Waals surface area contributed by atoms with Gasteiger partial charge in [0.1, 0.15) is 0 Å². The molecule has 6 rings (SSSR count). The number of rotatable bonds is 11.